The van der Waals surface area contributed by atoms with Gasteiger partial charge in [0.05, 0.1) is 0 Å². The van der Waals surface area contributed by atoms with E-state index >= 15 is 0 Å². The molecule has 0 aromatic carbocycles. The molecule has 0 unspecified atom stereocenters. The summed E-state index contributed by atoms with van der Waals surface area (Å²) in [6.07, 6.45) is 2.97. The van der Waals surface area contributed by atoms with Crippen molar-refractivity contribution < 1.29 is 0 Å². The zero-order chi connectivity index (χ0) is 8.27. The van der Waals surface area contributed by atoms with E-state index in [1.807, 2.05) is 6.08 Å². The molecule has 0 radical (unpaired) electrons. The normalized spacial score (nSPS) is 9.45. The van der Waals surface area contributed by atoms with Gasteiger partial charge in [0, 0.05) is 0 Å². The minimum atomic E-state index is 1.02. The van der Waals surface area contributed by atoms with E-state index in [0.717, 1.165) is 6.42 Å². The van der Waals surface area contributed by atoms with Gasteiger partial charge in [-0.25, -0.2) is 0 Å². The van der Waals surface area contributed by atoms with E-state index in [4.69, 9.17) is 0 Å². The number of allylic oxidation sites excluding steroid dienone is 1. The van der Waals surface area contributed by atoms with E-state index in [9.17, 15) is 0 Å². The maximum atomic E-state index is 3.69. The van der Waals surface area contributed by atoms with Crippen molar-refractivity contribution in [2.75, 3.05) is 0 Å². The monoisotopic (exact) mass is 144 g/mol. The van der Waals surface area contributed by atoms with Gasteiger partial charge in [-0.1, -0.05) is 18.2 Å². The van der Waals surface area contributed by atoms with Crippen molar-refractivity contribution in [3.63, 3.8) is 0 Å². The Balaban J connectivity index is 0.000000281. The molecule has 0 aromatic rings. The van der Waals surface area contributed by atoms with Gasteiger partial charge in [0.25, 0.3) is 0 Å². The number of hydrogen-bond donors (Lipinski definition) is 0. The van der Waals surface area contributed by atoms with Crippen LogP contribution in [0.1, 0.15) is 5.56 Å². The predicted octanol–water partition coefficient (Wildman–Crippen LogP) is 3.20. The maximum absolute atomic E-state index is 3.69. The maximum Gasteiger partial charge on any atom is -0.00940 e. The Bertz CT molecular complexity index is 271. The number of hydrogen-bond acceptors (Lipinski definition) is 0. The van der Waals surface area contributed by atoms with Crippen molar-refractivity contribution in [3.05, 3.63) is 49.6 Å². The highest BCUT2D eigenvalue weighted by atomic mass is 14.2. The number of rotatable bonds is 2. The van der Waals surface area contributed by atoms with Gasteiger partial charge < -0.3 is 0 Å². The zero-order valence-corrected chi connectivity index (χ0v) is 6.64. The minimum Gasteiger partial charge on any atom is -0.106 e. The molecule has 11 heavy (non-hydrogen) atoms. The fourth-order valence-electron chi connectivity index (χ4n) is 1.15. The third-order valence-electron chi connectivity index (χ3n) is 1.70. The summed E-state index contributed by atoms with van der Waals surface area (Å²) in [5.74, 6) is 0. The van der Waals surface area contributed by atoms with Gasteiger partial charge in [0.15, 0.2) is 0 Å². The Morgan fingerprint density at radius 2 is 2.00 bits per heavy atom. The summed E-state index contributed by atoms with van der Waals surface area (Å²) in [7, 11) is 0. The summed E-state index contributed by atoms with van der Waals surface area (Å²) in [6, 6.07) is 6.54. The average Bonchev–Trinajstić information content (AvgIpc) is 2.74. The average molecular weight is 144 g/mol. The van der Waals surface area contributed by atoms with E-state index in [2.05, 4.69) is 37.9 Å². The summed E-state index contributed by atoms with van der Waals surface area (Å²) in [5, 5.41) is 0. The van der Waals surface area contributed by atoms with E-state index in [1.54, 1.807) is 0 Å². The highest BCUT2D eigenvalue weighted by molar-refractivity contribution is 5.84. The van der Waals surface area contributed by atoms with E-state index in [-0.39, 0.29) is 0 Å². The van der Waals surface area contributed by atoms with Crippen LogP contribution in [0.3, 0.4) is 0 Å². The molecule has 0 saturated heterocycles. The lowest BCUT2D eigenvalue weighted by Crippen LogP contribution is -1.71. The van der Waals surface area contributed by atoms with Gasteiger partial charge in [-0.05, 0) is 29.2 Å². The van der Waals surface area contributed by atoms with Crippen LogP contribution in [0.25, 0.3) is 11.1 Å². The van der Waals surface area contributed by atoms with Crippen LogP contribution >= 0.6 is 0 Å². The Labute approximate surface area is 67.9 Å². The van der Waals surface area contributed by atoms with Crippen molar-refractivity contribution in [3.8, 4) is 11.1 Å². The Morgan fingerprint density at radius 3 is 2.36 bits per heavy atom. The molecular formula is C11H12. The molecule has 0 spiro atoms. The fourth-order valence-corrected chi connectivity index (χ4v) is 1.15. The van der Waals surface area contributed by atoms with Crippen molar-refractivity contribution >= 4 is 0 Å². The van der Waals surface area contributed by atoms with Crippen molar-refractivity contribution in [2.45, 2.75) is 6.42 Å². The predicted molar refractivity (Wildman–Crippen MR) is 50.6 cm³/mol. The molecule has 0 amide bonds. The largest absolute Gasteiger partial charge is 0.106 e. The summed E-state index contributed by atoms with van der Waals surface area (Å²) in [4.78, 5) is 0. The summed E-state index contributed by atoms with van der Waals surface area (Å²) < 4.78 is 0. The second-order valence-corrected chi connectivity index (χ2v) is 2.36. The second kappa shape index (κ2) is 3.20. The van der Waals surface area contributed by atoms with Crippen LogP contribution in [-0.2, 0) is 6.42 Å². The zero-order valence-electron chi connectivity index (χ0n) is 6.64. The Kier molecular flexibility index (Phi) is 2.27. The van der Waals surface area contributed by atoms with Crippen LogP contribution in [0.15, 0.2) is 44.0 Å². The lowest BCUT2D eigenvalue weighted by molar-refractivity contribution is 1.32. The lowest BCUT2D eigenvalue weighted by atomic mass is 10.2. The molecule has 0 aliphatic heterocycles. The van der Waals surface area contributed by atoms with Crippen LogP contribution in [0, 0.1) is 0 Å². The molecule has 0 N–H and O–H groups in total. The van der Waals surface area contributed by atoms with E-state index in [0.29, 0.717) is 0 Å². The number of fused-ring (bicyclic) bond motifs is 1. The summed E-state index contributed by atoms with van der Waals surface area (Å²) in [6.45, 7) is 9.69. The molecule has 2 aliphatic carbocycles. The van der Waals surface area contributed by atoms with Crippen LogP contribution in [-0.4, -0.2) is 0 Å². The molecule has 0 saturated carbocycles. The molecule has 2 rings (SSSR count). The van der Waals surface area contributed by atoms with Gasteiger partial charge in [-0.3, -0.25) is 0 Å². The molecule has 56 valence electrons. The fraction of sp³-hybridized carbons (Fsp3) is 0.0909. The van der Waals surface area contributed by atoms with Gasteiger partial charge in [0.1, 0.15) is 0 Å². The van der Waals surface area contributed by atoms with Gasteiger partial charge in [-0.2, -0.15) is 0 Å². The molecule has 0 nitrogen and oxygen atoms in total. The third kappa shape index (κ3) is 1.40. The van der Waals surface area contributed by atoms with Gasteiger partial charge in [-0.15, -0.1) is 19.7 Å². The van der Waals surface area contributed by atoms with Crippen LogP contribution in [0.2, 0.25) is 0 Å². The molecular weight excluding hydrogens is 132 g/mol. The van der Waals surface area contributed by atoms with Crippen LogP contribution in [0.5, 0.6) is 0 Å². The minimum absolute atomic E-state index is 1.02. The van der Waals surface area contributed by atoms with Crippen LogP contribution < -0.4 is 0 Å². The van der Waals surface area contributed by atoms with E-state index in [1.165, 1.54) is 16.7 Å². The molecule has 0 aromatic heterocycles. The molecule has 0 heterocycles. The standard InChI is InChI=1S/C9H8.C2H4/c1-2-3-7-4-5-8-6-9(7)8;1-2/h2,4-6H,1,3H2;1-2H2. The van der Waals surface area contributed by atoms with Gasteiger partial charge >= 0.3 is 0 Å². The first kappa shape index (κ1) is 7.80. The van der Waals surface area contributed by atoms with Crippen molar-refractivity contribution in [1.29, 1.82) is 0 Å². The SMILES string of the molecule is C=C.C=CCc1ccc2cc1-2. The molecule has 0 atom stereocenters. The molecule has 2 aliphatic rings. The van der Waals surface area contributed by atoms with E-state index < -0.39 is 0 Å². The second-order valence-electron chi connectivity index (χ2n) is 2.36. The quantitative estimate of drug-likeness (QED) is 0.568. The van der Waals surface area contributed by atoms with Crippen molar-refractivity contribution in [1.82, 2.24) is 0 Å². The third-order valence-corrected chi connectivity index (χ3v) is 1.70. The number of benzene rings is 1. The topological polar surface area (TPSA) is 0 Å². The Hall–Kier alpha value is -1.30. The summed E-state index contributed by atoms with van der Waals surface area (Å²) in [5.41, 5.74) is 4.31. The summed E-state index contributed by atoms with van der Waals surface area (Å²) >= 11 is 0. The first-order valence-electron chi connectivity index (χ1n) is 3.66. The lowest BCUT2D eigenvalue weighted by Gasteiger charge is -1.85. The smallest absolute Gasteiger partial charge is 0.00940 e. The molecule has 0 bridgehead atoms. The highest BCUT2D eigenvalue weighted by Crippen LogP contribution is 2.38. The highest BCUT2D eigenvalue weighted by Gasteiger charge is 2.14. The van der Waals surface area contributed by atoms with Crippen LogP contribution in [0.4, 0.5) is 0 Å². The first-order chi connectivity index (χ1) is 5.42. The van der Waals surface area contributed by atoms with Crippen molar-refractivity contribution in [2.24, 2.45) is 0 Å². The van der Waals surface area contributed by atoms with Gasteiger partial charge in [0.2, 0.25) is 0 Å². The molecule has 0 heteroatoms. The Morgan fingerprint density at radius 1 is 1.27 bits per heavy atom. The molecule has 0 fully saturated rings. The first-order valence-corrected chi connectivity index (χ1v) is 3.66.